The van der Waals surface area contributed by atoms with E-state index in [1.807, 2.05) is 30.3 Å². The van der Waals surface area contributed by atoms with Crippen LogP contribution in [0.1, 0.15) is 0 Å². The molecule has 0 atom stereocenters. The number of aromatic nitrogens is 1. The maximum atomic E-state index is 11.0. The van der Waals surface area contributed by atoms with E-state index in [0.29, 0.717) is 0 Å². The summed E-state index contributed by atoms with van der Waals surface area (Å²) in [5.74, 6) is 0. The number of para-hydroxylation sites is 1. The molecule has 0 N–H and O–H groups in total. The summed E-state index contributed by atoms with van der Waals surface area (Å²) in [4.78, 5) is 0.105. The topological polar surface area (TPSA) is 39.1 Å². The first kappa shape index (κ1) is 10.3. The SMILES string of the molecule is O=S(=O)(Cl)c1ccn(-c2ccccc2)c1. The van der Waals surface area contributed by atoms with E-state index in [9.17, 15) is 8.42 Å². The lowest BCUT2D eigenvalue weighted by atomic mass is 10.3. The number of benzene rings is 1. The zero-order chi connectivity index (χ0) is 10.9. The Morgan fingerprint density at radius 1 is 1.07 bits per heavy atom. The second-order valence-electron chi connectivity index (χ2n) is 3.03. The molecule has 0 saturated carbocycles. The Kier molecular flexibility index (Phi) is 2.54. The van der Waals surface area contributed by atoms with Gasteiger partial charge in [0, 0.05) is 28.8 Å². The molecule has 0 saturated heterocycles. The number of rotatable bonds is 2. The summed E-state index contributed by atoms with van der Waals surface area (Å²) in [6.45, 7) is 0. The van der Waals surface area contributed by atoms with Crippen LogP contribution in [0.25, 0.3) is 5.69 Å². The molecule has 2 aromatic rings. The van der Waals surface area contributed by atoms with Crippen LogP contribution < -0.4 is 0 Å². The monoisotopic (exact) mass is 241 g/mol. The molecule has 1 aromatic heterocycles. The van der Waals surface area contributed by atoms with Crippen LogP contribution in [-0.2, 0) is 9.05 Å². The fourth-order valence-electron chi connectivity index (χ4n) is 1.28. The van der Waals surface area contributed by atoms with Gasteiger partial charge in [0.2, 0.25) is 0 Å². The molecule has 0 bridgehead atoms. The van der Waals surface area contributed by atoms with E-state index in [0.717, 1.165) is 5.69 Å². The normalized spacial score (nSPS) is 11.5. The van der Waals surface area contributed by atoms with Crippen molar-refractivity contribution >= 4 is 19.7 Å². The van der Waals surface area contributed by atoms with Crippen LogP contribution in [0.3, 0.4) is 0 Å². The van der Waals surface area contributed by atoms with Crippen LogP contribution in [0.5, 0.6) is 0 Å². The van der Waals surface area contributed by atoms with Gasteiger partial charge < -0.3 is 4.57 Å². The van der Waals surface area contributed by atoms with Crippen molar-refractivity contribution < 1.29 is 8.42 Å². The minimum Gasteiger partial charge on any atom is -0.322 e. The Labute approximate surface area is 92.3 Å². The predicted octanol–water partition coefficient (Wildman–Crippen LogP) is 2.40. The first-order valence-corrected chi connectivity index (χ1v) is 6.56. The fraction of sp³-hybridized carbons (Fsp3) is 0. The van der Waals surface area contributed by atoms with Crippen LogP contribution in [0, 0.1) is 0 Å². The molecule has 78 valence electrons. The highest BCUT2D eigenvalue weighted by molar-refractivity contribution is 8.13. The number of hydrogen-bond acceptors (Lipinski definition) is 2. The summed E-state index contributed by atoms with van der Waals surface area (Å²) in [7, 11) is 1.58. The van der Waals surface area contributed by atoms with Crippen LogP contribution in [0.2, 0.25) is 0 Å². The lowest BCUT2D eigenvalue weighted by Crippen LogP contribution is -1.90. The minimum absolute atomic E-state index is 0.105. The molecule has 0 aliphatic carbocycles. The number of nitrogens with zero attached hydrogens (tertiary/aromatic N) is 1. The van der Waals surface area contributed by atoms with Gasteiger partial charge in [-0.15, -0.1) is 0 Å². The highest BCUT2D eigenvalue weighted by Gasteiger charge is 2.11. The van der Waals surface area contributed by atoms with Gasteiger partial charge in [-0.05, 0) is 18.2 Å². The number of halogens is 1. The minimum atomic E-state index is -3.64. The van der Waals surface area contributed by atoms with Gasteiger partial charge >= 0.3 is 0 Å². The summed E-state index contributed by atoms with van der Waals surface area (Å²) in [6, 6.07) is 10.9. The maximum absolute atomic E-state index is 11.0. The average Bonchev–Trinajstić information content (AvgIpc) is 2.67. The van der Waals surface area contributed by atoms with Gasteiger partial charge in [0.15, 0.2) is 0 Å². The maximum Gasteiger partial charge on any atom is 0.262 e. The van der Waals surface area contributed by atoms with Crippen molar-refractivity contribution in [2.24, 2.45) is 0 Å². The zero-order valence-corrected chi connectivity index (χ0v) is 9.24. The molecular formula is C10H8ClNO2S. The van der Waals surface area contributed by atoms with Crippen LogP contribution in [-0.4, -0.2) is 13.0 Å². The Morgan fingerprint density at radius 3 is 2.27 bits per heavy atom. The second kappa shape index (κ2) is 3.72. The zero-order valence-electron chi connectivity index (χ0n) is 7.67. The van der Waals surface area contributed by atoms with E-state index in [4.69, 9.17) is 10.7 Å². The molecule has 5 heteroatoms. The Bertz CT molecular complexity index is 560. The molecule has 0 amide bonds. The van der Waals surface area contributed by atoms with Gasteiger partial charge in [-0.25, -0.2) is 8.42 Å². The van der Waals surface area contributed by atoms with Crippen molar-refractivity contribution in [3.05, 3.63) is 48.8 Å². The van der Waals surface area contributed by atoms with E-state index >= 15 is 0 Å². The lowest BCUT2D eigenvalue weighted by Gasteiger charge is -2.00. The molecule has 3 nitrogen and oxygen atoms in total. The Morgan fingerprint density at radius 2 is 1.73 bits per heavy atom. The van der Waals surface area contributed by atoms with E-state index in [-0.39, 0.29) is 4.90 Å². The lowest BCUT2D eigenvalue weighted by molar-refractivity contribution is 0.609. The third-order valence-corrected chi connectivity index (χ3v) is 3.34. The smallest absolute Gasteiger partial charge is 0.262 e. The molecule has 2 rings (SSSR count). The van der Waals surface area contributed by atoms with Crippen molar-refractivity contribution in [1.82, 2.24) is 4.57 Å². The standard InChI is InChI=1S/C10H8ClNO2S/c11-15(13,14)10-6-7-12(8-10)9-4-2-1-3-5-9/h1-8H. The summed E-state index contributed by atoms with van der Waals surface area (Å²) < 4.78 is 23.8. The van der Waals surface area contributed by atoms with Gasteiger partial charge in [-0.1, -0.05) is 18.2 Å². The van der Waals surface area contributed by atoms with E-state index in [1.54, 1.807) is 10.8 Å². The van der Waals surface area contributed by atoms with Crippen molar-refractivity contribution in [3.8, 4) is 5.69 Å². The van der Waals surface area contributed by atoms with Crippen molar-refractivity contribution in [2.45, 2.75) is 4.90 Å². The summed E-state index contributed by atoms with van der Waals surface area (Å²) in [5.41, 5.74) is 0.893. The fourth-order valence-corrected chi connectivity index (χ4v) is 2.02. The van der Waals surface area contributed by atoms with E-state index in [1.165, 1.54) is 12.3 Å². The first-order chi connectivity index (χ1) is 7.07. The molecular weight excluding hydrogens is 234 g/mol. The quantitative estimate of drug-likeness (QED) is 0.758. The largest absolute Gasteiger partial charge is 0.322 e. The van der Waals surface area contributed by atoms with Gasteiger partial charge in [-0.2, -0.15) is 0 Å². The second-order valence-corrected chi connectivity index (χ2v) is 5.59. The Hall–Kier alpha value is -1.26. The predicted molar refractivity (Wildman–Crippen MR) is 58.8 cm³/mol. The first-order valence-electron chi connectivity index (χ1n) is 4.25. The summed E-state index contributed by atoms with van der Waals surface area (Å²) in [5, 5.41) is 0. The highest BCUT2D eigenvalue weighted by atomic mass is 35.7. The molecule has 0 aliphatic rings. The number of hydrogen-bond donors (Lipinski definition) is 0. The van der Waals surface area contributed by atoms with Gasteiger partial charge in [0.05, 0.1) is 0 Å². The van der Waals surface area contributed by atoms with Crippen molar-refractivity contribution in [3.63, 3.8) is 0 Å². The van der Waals surface area contributed by atoms with Gasteiger partial charge in [0.1, 0.15) is 4.90 Å². The summed E-state index contributed by atoms with van der Waals surface area (Å²) in [6.07, 6.45) is 3.14. The van der Waals surface area contributed by atoms with Gasteiger partial charge in [0.25, 0.3) is 9.05 Å². The molecule has 0 spiro atoms. The van der Waals surface area contributed by atoms with Crippen molar-refractivity contribution in [2.75, 3.05) is 0 Å². The molecule has 0 aliphatic heterocycles. The average molecular weight is 242 g/mol. The van der Waals surface area contributed by atoms with Crippen LogP contribution >= 0.6 is 10.7 Å². The van der Waals surface area contributed by atoms with Crippen LogP contribution in [0.15, 0.2) is 53.7 Å². The van der Waals surface area contributed by atoms with Crippen molar-refractivity contribution in [1.29, 1.82) is 0 Å². The van der Waals surface area contributed by atoms with E-state index < -0.39 is 9.05 Å². The van der Waals surface area contributed by atoms with E-state index in [2.05, 4.69) is 0 Å². The molecule has 15 heavy (non-hydrogen) atoms. The highest BCUT2D eigenvalue weighted by Crippen LogP contribution is 2.17. The molecule has 1 heterocycles. The molecule has 0 unspecified atom stereocenters. The van der Waals surface area contributed by atoms with Gasteiger partial charge in [-0.3, -0.25) is 0 Å². The molecule has 0 radical (unpaired) electrons. The third kappa shape index (κ3) is 2.22. The Balaban J connectivity index is 2.46. The molecule has 0 fully saturated rings. The molecule has 1 aromatic carbocycles. The third-order valence-electron chi connectivity index (χ3n) is 2.00. The van der Waals surface area contributed by atoms with Crippen LogP contribution in [0.4, 0.5) is 0 Å². The summed E-state index contributed by atoms with van der Waals surface area (Å²) >= 11 is 0.